The third-order valence-electron chi connectivity index (χ3n) is 1.34. The molecule has 0 saturated heterocycles. The van der Waals surface area contributed by atoms with Crippen LogP contribution in [0.25, 0.3) is 0 Å². The summed E-state index contributed by atoms with van der Waals surface area (Å²) >= 11 is 0. The molecule has 4 nitrogen and oxygen atoms in total. The van der Waals surface area contributed by atoms with Crippen LogP contribution in [0.3, 0.4) is 0 Å². The second kappa shape index (κ2) is 19.0. The molecule has 0 radical (unpaired) electrons. The summed E-state index contributed by atoms with van der Waals surface area (Å²) in [5.41, 5.74) is 0. The molecule has 0 aliphatic rings. The average Bonchev–Trinajstić information content (AvgIpc) is 1.90. The van der Waals surface area contributed by atoms with E-state index in [-0.39, 0.29) is 28.5 Å². The summed E-state index contributed by atoms with van der Waals surface area (Å²) < 4.78 is 8.52. The second-order valence-electron chi connectivity index (χ2n) is 1.87. The van der Waals surface area contributed by atoms with Crippen LogP contribution in [0, 0.1) is 0 Å². The van der Waals surface area contributed by atoms with E-state index in [4.69, 9.17) is 14.4 Å². The SMILES string of the molecule is CCP(CC)CC.O.O=[PH]([O-])[O-].[Mg+2]. The number of rotatable bonds is 3. The summed E-state index contributed by atoms with van der Waals surface area (Å²) in [6.45, 7) is 6.87. The van der Waals surface area contributed by atoms with E-state index in [2.05, 4.69) is 20.8 Å². The molecule has 0 heterocycles. The van der Waals surface area contributed by atoms with Crippen molar-refractivity contribution < 1.29 is 19.8 Å². The van der Waals surface area contributed by atoms with Crippen LogP contribution in [0.5, 0.6) is 0 Å². The molecule has 78 valence electrons. The van der Waals surface area contributed by atoms with Gasteiger partial charge in [0.15, 0.2) is 0 Å². The molecular weight excluding hydrogens is 222 g/mol. The van der Waals surface area contributed by atoms with Crippen molar-refractivity contribution in [3.05, 3.63) is 0 Å². The fraction of sp³-hybridized carbons (Fsp3) is 1.00. The van der Waals surface area contributed by atoms with E-state index >= 15 is 0 Å². The molecule has 0 aromatic rings. The normalized spacial score (nSPS) is 8.23. The zero-order valence-electron chi connectivity index (χ0n) is 8.50. The Morgan fingerprint density at radius 3 is 1.23 bits per heavy atom. The van der Waals surface area contributed by atoms with Gasteiger partial charge in [-0.2, -0.15) is 0 Å². The Labute approximate surface area is 98.3 Å². The van der Waals surface area contributed by atoms with Crippen molar-refractivity contribution in [2.24, 2.45) is 0 Å². The van der Waals surface area contributed by atoms with Crippen LogP contribution in [0.1, 0.15) is 20.8 Å². The zero-order valence-corrected chi connectivity index (χ0v) is 11.8. The minimum absolute atomic E-state index is 0. The monoisotopic (exact) mass is 240 g/mol. The first-order valence-electron chi connectivity index (χ1n) is 3.68. The van der Waals surface area contributed by atoms with E-state index in [1.54, 1.807) is 0 Å². The van der Waals surface area contributed by atoms with Gasteiger partial charge in [0.05, 0.1) is 0 Å². The van der Waals surface area contributed by atoms with Gasteiger partial charge in [0, 0.05) is 0 Å². The van der Waals surface area contributed by atoms with Crippen LogP contribution < -0.4 is 9.79 Å². The van der Waals surface area contributed by atoms with Crippen molar-refractivity contribution in [1.29, 1.82) is 0 Å². The Bertz CT molecular complexity index is 91.1. The Morgan fingerprint density at radius 2 is 1.23 bits per heavy atom. The van der Waals surface area contributed by atoms with E-state index in [0.717, 1.165) is 0 Å². The van der Waals surface area contributed by atoms with Gasteiger partial charge in [-0.05, 0) is 18.5 Å². The van der Waals surface area contributed by atoms with Crippen LogP contribution >= 0.6 is 16.2 Å². The maximum atomic E-state index is 8.52. The van der Waals surface area contributed by atoms with Crippen LogP contribution in [0.15, 0.2) is 0 Å². The quantitative estimate of drug-likeness (QED) is 0.488. The molecular formula is C6H18MgO4P2. The maximum Gasteiger partial charge on any atom is 2.00 e. The van der Waals surface area contributed by atoms with Gasteiger partial charge in [0.25, 0.3) is 0 Å². The Balaban J connectivity index is -0.0000000600. The smallest absolute Gasteiger partial charge is 0.813 e. The summed E-state index contributed by atoms with van der Waals surface area (Å²) in [7, 11) is -3.18. The van der Waals surface area contributed by atoms with E-state index < -0.39 is 8.25 Å². The number of hydrogen-bond acceptors (Lipinski definition) is 3. The maximum absolute atomic E-state index is 8.52. The molecule has 0 unspecified atom stereocenters. The number of hydrogen-bond donors (Lipinski definition) is 0. The third-order valence-corrected chi connectivity index (χ3v) is 4.02. The Kier molecular flexibility index (Phi) is 34.8. The molecule has 0 aromatic carbocycles. The molecule has 7 heteroatoms. The Hall–Kier alpha value is 1.31. The largest absolute Gasteiger partial charge is 2.00 e. The Morgan fingerprint density at radius 1 is 1.08 bits per heavy atom. The van der Waals surface area contributed by atoms with Gasteiger partial charge in [-0.15, -0.1) is 7.92 Å². The predicted octanol–water partition coefficient (Wildman–Crippen LogP) is -0.581. The molecule has 0 aliphatic carbocycles. The molecule has 0 bridgehead atoms. The average molecular weight is 240 g/mol. The molecule has 0 aliphatic heterocycles. The van der Waals surface area contributed by atoms with Crippen molar-refractivity contribution in [3.8, 4) is 0 Å². The van der Waals surface area contributed by atoms with Gasteiger partial charge in [0.2, 0.25) is 0 Å². The van der Waals surface area contributed by atoms with Crippen LogP contribution in [0.4, 0.5) is 0 Å². The predicted molar refractivity (Wildman–Crippen MR) is 56.9 cm³/mol. The van der Waals surface area contributed by atoms with Crippen molar-refractivity contribution >= 4 is 39.2 Å². The third kappa shape index (κ3) is 31.9. The van der Waals surface area contributed by atoms with Crippen molar-refractivity contribution in [2.75, 3.05) is 18.5 Å². The fourth-order valence-electron chi connectivity index (χ4n) is 0.671. The van der Waals surface area contributed by atoms with E-state index in [9.17, 15) is 0 Å². The minimum Gasteiger partial charge on any atom is -0.813 e. The van der Waals surface area contributed by atoms with Gasteiger partial charge in [-0.25, -0.2) is 0 Å². The zero-order chi connectivity index (χ0) is 9.28. The minimum atomic E-state index is -3.63. The first kappa shape index (κ1) is 23.8. The fourth-order valence-corrected chi connectivity index (χ4v) is 2.01. The summed E-state index contributed by atoms with van der Waals surface area (Å²) in [5.74, 6) is 0. The van der Waals surface area contributed by atoms with Gasteiger partial charge < -0.3 is 19.8 Å². The van der Waals surface area contributed by atoms with Crippen molar-refractivity contribution in [3.63, 3.8) is 0 Å². The molecule has 0 aromatic heterocycles. The second-order valence-corrected chi connectivity index (χ2v) is 5.61. The van der Waals surface area contributed by atoms with Gasteiger partial charge in [-0.1, -0.05) is 29.0 Å². The van der Waals surface area contributed by atoms with E-state index in [0.29, 0.717) is 7.92 Å². The van der Waals surface area contributed by atoms with Gasteiger partial charge in [0.1, 0.15) is 0 Å². The first-order chi connectivity index (χ1) is 5.08. The van der Waals surface area contributed by atoms with Crippen molar-refractivity contribution in [1.82, 2.24) is 0 Å². The molecule has 0 fully saturated rings. The van der Waals surface area contributed by atoms with E-state index in [1.165, 1.54) is 18.5 Å². The standard InChI is InChI=1S/C6H15P.Mg.H3O3P.H2O/c1-4-7(5-2)6-3;;1-4(2)3;/h4-6H2,1-3H3;;4H,(H2,1,2,3);1H2/q;+2;;/p-2. The topological polar surface area (TPSA) is 94.7 Å². The molecule has 0 amide bonds. The van der Waals surface area contributed by atoms with Crippen LogP contribution in [-0.2, 0) is 4.57 Å². The molecule has 0 atom stereocenters. The summed E-state index contributed by atoms with van der Waals surface area (Å²) in [5, 5.41) is 0. The summed E-state index contributed by atoms with van der Waals surface area (Å²) in [6.07, 6.45) is 4.26. The summed E-state index contributed by atoms with van der Waals surface area (Å²) in [4.78, 5) is 17.0. The molecule has 0 spiro atoms. The molecule has 13 heavy (non-hydrogen) atoms. The first-order valence-corrected chi connectivity index (χ1v) is 6.80. The van der Waals surface area contributed by atoms with Gasteiger partial charge in [-0.3, -0.25) is 0 Å². The molecule has 0 rings (SSSR count). The van der Waals surface area contributed by atoms with Gasteiger partial charge >= 0.3 is 23.1 Å². The van der Waals surface area contributed by atoms with Crippen molar-refractivity contribution in [2.45, 2.75) is 20.8 Å². The molecule has 2 N–H and O–H groups in total. The van der Waals surface area contributed by atoms with Crippen LogP contribution in [-0.4, -0.2) is 47.0 Å². The summed E-state index contributed by atoms with van der Waals surface area (Å²) in [6, 6.07) is 0. The van der Waals surface area contributed by atoms with Crippen LogP contribution in [0.2, 0.25) is 0 Å². The van der Waals surface area contributed by atoms with E-state index in [1.807, 2.05) is 0 Å². The molecule has 0 saturated carbocycles.